The maximum absolute atomic E-state index is 12.5. The third-order valence-corrected chi connectivity index (χ3v) is 4.58. The van der Waals surface area contributed by atoms with Crippen molar-refractivity contribution in [3.63, 3.8) is 0 Å². The Kier molecular flexibility index (Phi) is 6.19. The van der Waals surface area contributed by atoms with E-state index in [-0.39, 0.29) is 24.7 Å². The second-order valence-electron chi connectivity index (χ2n) is 4.79. The largest absolute Gasteiger partial charge is 1.00 e. The number of hydrogen-bond donors (Lipinski definition) is 0. The van der Waals surface area contributed by atoms with Crippen molar-refractivity contribution in [2.45, 2.75) is 6.54 Å². The molecule has 0 radical (unpaired) electrons. The Morgan fingerprint density at radius 2 is 1.83 bits per heavy atom. The fourth-order valence-corrected chi connectivity index (χ4v) is 3.52. The molecule has 0 spiro atoms. The highest BCUT2D eigenvalue weighted by Crippen LogP contribution is 2.22. The molecule has 1 heterocycles. The first-order valence-corrected chi connectivity index (χ1v) is 8.34. The Morgan fingerprint density at radius 1 is 1.09 bits per heavy atom. The van der Waals surface area contributed by atoms with Gasteiger partial charge in [0.2, 0.25) is 23.5 Å². The van der Waals surface area contributed by atoms with Crippen LogP contribution in [0.4, 0.5) is 0 Å². The van der Waals surface area contributed by atoms with E-state index in [1.807, 2.05) is 45.8 Å². The number of halogens is 3. The van der Waals surface area contributed by atoms with Gasteiger partial charge >= 0.3 is 0 Å². The van der Waals surface area contributed by atoms with E-state index in [9.17, 15) is 4.79 Å². The van der Waals surface area contributed by atoms with Crippen LogP contribution in [-0.4, -0.2) is 5.78 Å². The zero-order valence-corrected chi connectivity index (χ0v) is 15.0. The molecule has 0 aliphatic rings. The number of nitrogens with zero attached hydrogens (tertiary/aromatic N) is 1. The van der Waals surface area contributed by atoms with Crippen LogP contribution in [0.2, 0.25) is 10.0 Å². The van der Waals surface area contributed by atoms with Gasteiger partial charge in [-0.2, -0.15) is 4.57 Å². The Balaban J connectivity index is 0.00000192. The van der Waals surface area contributed by atoms with Crippen LogP contribution in [0, 0.1) is 0 Å². The first-order valence-electron chi connectivity index (χ1n) is 6.64. The van der Waals surface area contributed by atoms with Crippen LogP contribution in [0.3, 0.4) is 0 Å². The van der Waals surface area contributed by atoms with Gasteiger partial charge in [-0.3, -0.25) is 4.79 Å². The lowest BCUT2D eigenvalue weighted by molar-refractivity contribution is -0.667. The third kappa shape index (κ3) is 4.12. The number of Topliss-reactive ketones (excluding diaryl/α,β-unsaturated/α-hetero) is 1. The standard InChI is InChI=1S/C17H12Cl2NOS.ClH/c18-13-6-7-14(15(19)8-13)17(21)9-20-11-22-10-16(20)12-4-2-1-3-5-12;/h1-8,10-11H,9H2;1H/q+1;/p-1. The molecule has 3 aromatic rings. The molecule has 2 nitrogen and oxygen atoms in total. The monoisotopic (exact) mass is 383 g/mol. The summed E-state index contributed by atoms with van der Waals surface area (Å²) in [4.78, 5) is 12.5. The quantitative estimate of drug-likeness (QED) is 0.497. The van der Waals surface area contributed by atoms with Gasteiger partial charge in [-0.05, 0) is 30.3 Å². The number of carbonyl (C=O) groups is 1. The van der Waals surface area contributed by atoms with Crippen molar-refractivity contribution >= 4 is 40.3 Å². The number of carbonyl (C=O) groups excluding carboxylic acids is 1. The molecule has 6 heteroatoms. The van der Waals surface area contributed by atoms with Crippen LogP contribution in [0.1, 0.15) is 10.4 Å². The molecule has 0 aliphatic heterocycles. The third-order valence-electron chi connectivity index (χ3n) is 3.29. The van der Waals surface area contributed by atoms with E-state index in [4.69, 9.17) is 23.2 Å². The zero-order chi connectivity index (χ0) is 15.5. The molecule has 0 atom stereocenters. The van der Waals surface area contributed by atoms with Gasteiger partial charge in [0.25, 0.3) is 0 Å². The predicted octanol–water partition coefficient (Wildman–Crippen LogP) is 1.90. The van der Waals surface area contributed by atoms with Crippen LogP contribution in [0.5, 0.6) is 0 Å². The van der Waals surface area contributed by atoms with Crippen molar-refractivity contribution in [2.75, 3.05) is 0 Å². The summed E-state index contributed by atoms with van der Waals surface area (Å²) in [5.74, 6) is -0.0396. The number of aromatic nitrogens is 1. The van der Waals surface area contributed by atoms with Crippen LogP contribution >= 0.6 is 34.5 Å². The Hall–Kier alpha value is -1.39. The van der Waals surface area contributed by atoms with Crippen molar-refractivity contribution in [3.05, 3.63) is 75.0 Å². The molecule has 0 N–H and O–H groups in total. The van der Waals surface area contributed by atoms with Gasteiger partial charge in [0.05, 0.1) is 10.4 Å². The number of thiazole rings is 1. The Labute approximate surface area is 154 Å². The molecule has 0 fully saturated rings. The molecule has 0 bridgehead atoms. The van der Waals surface area contributed by atoms with Gasteiger partial charge in [-0.1, -0.05) is 52.7 Å². The van der Waals surface area contributed by atoms with Crippen molar-refractivity contribution in [3.8, 4) is 11.3 Å². The minimum absolute atomic E-state index is 0. The smallest absolute Gasteiger partial charge is 0.229 e. The van der Waals surface area contributed by atoms with Gasteiger partial charge in [-0.15, -0.1) is 0 Å². The molecular weight excluding hydrogens is 373 g/mol. The molecule has 0 aliphatic carbocycles. The van der Waals surface area contributed by atoms with E-state index in [2.05, 4.69) is 0 Å². The van der Waals surface area contributed by atoms with E-state index < -0.39 is 0 Å². The van der Waals surface area contributed by atoms with Gasteiger partial charge in [-0.25, -0.2) is 0 Å². The average Bonchev–Trinajstić information content (AvgIpc) is 2.96. The number of ketones is 1. The van der Waals surface area contributed by atoms with Crippen molar-refractivity contribution in [1.82, 2.24) is 0 Å². The molecule has 2 aromatic carbocycles. The van der Waals surface area contributed by atoms with Gasteiger partial charge < -0.3 is 12.4 Å². The Morgan fingerprint density at radius 3 is 2.52 bits per heavy atom. The molecular formula is C17H12Cl3NOS. The predicted molar refractivity (Wildman–Crippen MR) is 90.7 cm³/mol. The molecule has 0 unspecified atom stereocenters. The molecule has 0 saturated heterocycles. The van der Waals surface area contributed by atoms with Gasteiger partial charge in [0.1, 0.15) is 0 Å². The summed E-state index contributed by atoms with van der Waals surface area (Å²) in [6.45, 7) is 0.245. The normalized spacial score (nSPS) is 10.2. The molecule has 3 rings (SSSR count). The fourth-order valence-electron chi connectivity index (χ4n) is 2.21. The second-order valence-corrected chi connectivity index (χ2v) is 6.35. The van der Waals surface area contributed by atoms with Crippen LogP contribution in [-0.2, 0) is 6.54 Å². The summed E-state index contributed by atoms with van der Waals surface area (Å²) in [5, 5.41) is 2.94. The van der Waals surface area contributed by atoms with Crippen molar-refractivity contribution in [2.24, 2.45) is 0 Å². The first kappa shape index (κ1) is 18.0. The highest BCUT2D eigenvalue weighted by atomic mass is 35.5. The average molecular weight is 385 g/mol. The lowest BCUT2D eigenvalue weighted by Gasteiger charge is -2.02. The van der Waals surface area contributed by atoms with E-state index in [1.54, 1.807) is 29.5 Å². The molecule has 118 valence electrons. The van der Waals surface area contributed by atoms with E-state index in [0.717, 1.165) is 11.3 Å². The van der Waals surface area contributed by atoms with Gasteiger partial charge in [0, 0.05) is 16.1 Å². The van der Waals surface area contributed by atoms with Crippen LogP contribution in [0.25, 0.3) is 11.3 Å². The summed E-state index contributed by atoms with van der Waals surface area (Å²) in [5.41, 5.74) is 4.52. The summed E-state index contributed by atoms with van der Waals surface area (Å²) in [6.07, 6.45) is 0. The summed E-state index contributed by atoms with van der Waals surface area (Å²) < 4.78 is 1.94. The van der Waals surface area contributed by atoms with E-state index >= 15 is 0 Å². The topological polar surface area (TPSA) is 20.9 Å². The molecule has 0 saturated carbocycles. The summed E-state index contributed by atoms with van der Waals surface area (Å²) >= 11 is 13.5. The summed E-state index contributed by atoms with van der Waals surface area (Å²) in [7, 11) is 0. The lowest BCUT2D eigenvalue weighted by atomic mass is 10.1. The van der Waals surface area contributed by atoms with Crippen LogP contribution < -0.4 is 17.0 Å². The number of benzene rings is 2. The van der Waals surface area contributed by atoms with Gasteiger partial charge in [0.15, 0.2) is 0 Å². The SMILES string of the molecule is O=C(C[n+]1cscc1-c1ccccc1)c1ccc(Cl)cc1Cl.[Cl-]. The number of rotatable bonds is 4. The maximum atomic E-state index is 12.5. The highest BCUT2D eigenvalue weighted by Gasteiger charge is 2.20. The minimum atomic E-state index is -0.0396. The van der Waals surface area contributed by atoms with Crippen molar-refractivity contribution < 1.29 is 21.8 Å². The lowest BCUT2D eigenvalue weighted by Crippen LogP contribution is -3.00. The summed E-state index contributed by atoms with van der Waals surface area (Å²) in [6, 6.07) is 14.9. The van der Waals surface area contributed by atoms with Crippen molar-refractivity contribution in [1.29, 1.82) is 0 Å². The maximum Gasteiger partial charge on any atom is 0.229 e. The minimum Gasteiger partial charge on any atom is -1.00 e. The van der Waals surface area contributed by atoms with Crippen LogP contribution in [0.15, 0.2) is 59.4 Å². The zero-order valence-electron chi connectivity index (χ0n) is 11.9. The Bertz CT molecular complexity index is 818. The number of hydrogen-bond acceptors (Lipinski definition) is 2. The first-order chi connectivity index (χ1) is 10.6. The van der Waals surface area contributed by atoms with E-state index in [0.29, 0.717) is 15.6 Å². The molecule has 1 aromatic heterocycles. The molecule has 23 heavy (non-hydrogen) atoms. The second kappa shape index (κ2) is 7.93. The highest BCUT2D eigenvalue weighted by molar-refractivity contribution is 7.07. The fraction of sp³-hybridized carbons (Fsp3) is 0.0588. The van der Waals surface area contributed by atoms with E-state index in [1.165, 1.54) is 0 Å². The molecule has 0 amide bonds.